The van der Waals surface area contributed by atoms with E-state index in [1.165, 1.54) is 24.3 Å². The molecule has 2 rings (SSSR count). The molecule has 0 radical (unpaired) electrons. The highest BCUT2D eigenvalue weighted by Gasteiger charge is 2.22. The molecule has 0 aliphatic rings. The zero-order valence-electron chi connectivity index (χ0n) is 14.6. The van der Waals surface area contributed by atoms with Crippen molar-refractivity contribution in [3.63, 3.8) is 0 Å². The zero-order chi connectivity index (χ0) is 22.6. The van der Waals surface area contributed by atoms with Crippen LogP contribution in [0.1, 0.15) is 33.6 Å². The number of hydrogen-bond donors (Lipinski definition) is 2. The number of carboxylic acid groups (broad SMARTS) is 2. The van der Waals surface area contributed by atoms with Crippen LogP contribution in [0.25, 0.3) is 0 Å². The Hall–Kier alpha value is -1.76. The maximum absolute atomic E-state index is 12.1. The summed E-state index contributed by atoms with van der Waals surface area (Å²) in [5.41, 5.74) is -0.505. The predicted molar refractivity (Wildman–Crippen MR) is 118 cm³/mol. The Balaban J connectivity index is 2.08. The second-order valence-electron chi connectivity index (χ2n) is 5.59. The fourth-order valence-corrected chi connectivity index (χ4v) is 4.79. The van der Waals surface area contributed by atoms with Crippen molar-refractivity contribution in [2.75, 3.05) is 0 Å². The maximum Gasteiger partial charge on any atom is 0.339 e. The van der Waals surface area contributed by atoms with Crippen LogP contribution >= 0.6 is 63.7 Å². The Bertz CT molecular complexity index is 967. The molecule has 0 fully saturated rings. The van der Waals surface area contributed by atoms with Gasteiger partial charge in [-0.25, -0.2) is 9.59 Å². The summed E-state index contributed by atoms with van der Waals surface area (Å²) in [5, 5.41) is 18.5. The van der Waals surface area contributed by atoms with Crippen molar-refractivity contribution in [3.05, 3.63) is 53.3 Å². The van der Waals surface area contributed by atoms with Crippen LogP contribution in [0.4, 0.5) is 0 Å². The number of esters is 2. The smallest absolute Gasteiger partial charge is 0.339 e. The van der Waals surface area contributed by atoms with Crippen molar-refractivity contribution in [3.8, 4) is 11.5 Å². The third kappa shape index (κ3) is 6.37. The van der Waals surface area contributed by atoms with Crippen molar-refractivity contribution in [1.82, 2.24) is 0 Å². The van der Waals surface area contributed by atoms with Crippen LogP contribution < -0.4 is 9.47 Å². The SMILES string of the molecule is O=C(CCC(=O)Oc1c(Br)cc(Br)cc1C(=O)O)Oc1c(Br)cc(Br)cc1C(=O)O. The van der Waals surface area contributed by atoms with E-state index in [2.05, 4.69) is 63.7 Å². The van der Waals surface area contributed by atoms with E-state index in [9.17, 15) is 29.4 Å². The van der Waals surface area contributed by atoms with E-state index in [1.807, 2.05) is 0 Å². The molecule has 0 atom stereocenters. The third-order valence-electron chi connectivity index (χ3n) is 3.44. The van der Waals surface area contributed by atoms with E-state index in [0.717, 1.165) is 0 Å². The molecule has 2 aromatic rings. The van der Waals surface area contributed by atoms with Gasteiger partial charge >= 0.3 is 23.9 Å². The highest BCUT2D eigenvalue weighted by molar-refractivity contribution is 9.11. The average molecular weight is 674 g/mol. The lowest BCUT2D eigenvalue weighted by atomic mass is 10.2. The van der Waals surface area contributed by atoms with Gasteiger partial charge in [0, 0.05) is 8.95 Å². The number of carbonyl (C=O) groups excluding carboxylic acids is 2. The van der Waals surface area contributed by atoms with E-state index in [-0.39, 0.29) is 31.6 Å². The molecule has 0 heterocycles. The molecule has 12 heteroatoms. The van der Waals surface area contributed by atoms with Crippen LogP contribution in [0.15, 0.2) is 42.2 Å². The quantitative estimate of drug-likeness (QED) is 0.295. The normalized spacial score (nSPS) is 10.4. The van der Waals surface area contributed by atoms with Crippen LogP contribution in [0.2, 0.25) is 0 Å². The number of ether oxygens (including phenoxy) is 2. The molecule has 158 valence electrons. The fourth-order valence-electron chi connectivity index (χ4n) is 2.18. The first-order chi connectivity index (χ1) is 14.0. The Labute approximate surface area is 203 Å². The van der Waals surface area contributed by atoms with Crippen LogP contribution in [-0.4, -0.2) is 34.1 Å². The summed E-state index contributed by atoms with van der Waals surface area (Å²) in [6, 6.07) is 5.54. The molecule has 0 unspecified atom stereocenters. The van der Waals surface area contributed by atoms with Crippen molar-refractivity contribution >= 4 is 87.6 Å². The first-order valence-electron chi connectivity index (χ1n) is 7.85. The van der Waals surface area contributed by atoms with Gasteiger partial charge in [0.25, 0.3) is 0 Å². The number of benzene rings is 2. The summed E-state index contributed by atoms with van der Waals surface area (Å²) >= 11 is 12.5. The summed E-state index contributed by atoms with van der Waals surface area (Å²) < 4.78 is 11.6. The largest absolute Gasteiger partial charge is 0.478 e. The molecule has 0 saturated heterocycles. The molecule has 30 heavy (non-hydrogen) atoms. The van der Waals surface area contributed by atoms with Gasteiger partial charge in [0.2, 0.25) is 0 Å². The molecule has 2 N–H and O–H groups in total. The molecule has 0 bridgehead atoms. The Morgan fingerprint density at radius 3 is 1.30 bits per heavy atom. The van der Waals surface area contributed by atoms with Gasteiger partial charge in [-0.3, -0.25) is 9.59 Å². The van der Waals surface area contributed by atoms with Crippen LogP contribution in [0, 0.1) is 0 Å². The van der Waals surface area contributed by atoms with Gasteiger partial charge in [0.15, 0.2) is 11.5 Å². The lowest BCUT2D eigenvalue weighted by Crippen LogP contribution is -2.16. The van der Waals surface area contributed by atoms with Crippen LogP contribution in [0.5, 0.6) is 11.5 Å². The van der Waals surface area contributed by atoms with Gasteiger partial charge in [-0.15, -0.1) is 0 Å². The Kier molecular flexibility index (Phi) is 8.59. The topological polar surface area (TPSA) is 127 Å². The second kappa shape index (κ2) is 10.5. The molecule has 0 aliphatic heterocycles. The van der Waals surface area contributed by atoms with Gasteiger partial charge in [0.05, 0.1) is 21.8 Å². The molecular weight excluding hydrogens is 664 g/mol. The Morgan fingerprint density at radius 1 is 0.667 bits per heavy atom. The predicted octanol–water partition coefficient (Wildman–Crippen LogP) is 5.42. The summed E-state index contributed by atoms with van der Waals surface area (Å²) in [6.07, 6.45) is -0.839. The van der Waals surface area contributed by atoms with Gasteiger partial charge in [-0.2, -0.15) is 0 Å². The molecule has 0 saturated carbocycles. The molecular formula is C18H10Br4O8. The zero-order valence-corrected chi connectivity index (χ0v) is 20.9. The van der Waals surface area contributed by atoms with E-state index >= 15 is 0 Å². The minimum absolute atomic E-state index is 0.201. The minimum Gasteiger partial charge on any atom is -0.478 e. The number of carboxylic acids is 2. The molecule has 0 aliphatic carbocycles. The maximum atomic E-state index is 12.1. The standard InChI is InChI=1S/C18H10Br4O8/c19-7-3-9(17(25)26)15(11(21)5-7)29-13(23)1-2-14(24)30-16-10(18(27)28)4-8(20)6-12(16)22/h3-6H,1-2H2,(H,25,26)(H,27,28). The van der Waals surface area contributed by atoms with E-state index < -0.39 is 36.7 Å². The molecule has 0 spiro atoms. The van der Waals surface area contributed by atoms with Gasteiger partial charge in [-0.1, -0.05) is 31.9 Å². The number of hydrogen-bond acceptors (Lipinski definition) is 6. The molecule has 2 aromatic carbocycles. The monoisotopic (exact) mass is 670 g/mol. The molecule has 0 amide bonds. The minimum atomic E-state index is -1.31. The Morgan fingerprint density at radius 2 is 1.00 bits per heavy atom. The second-order valence-corrected chi connectivity index (χ2v) is 9.13. The first kappa shape index (κ1) is 24.5. The first-order valence-corrected chi connectivity index (χ1v) is 11.0. The van der Waals surface area contributed by atoms with Gasteiger partial charge in [-0.05, 0) is 56.1 Å². The van der Waals surface area contributed by atoms with Crippen LogP contribution in [0.3, 0.4) is 0 Å². The molecule has 8 nitrogen and oxygen atoms in total. The average Bonchev–Trinajstić information content (AvgIpc) is 2.63. The van der Waals surface area contributed by atoms with Crippen molar-refractivity contribution < 1.29 is 38.9 Å². The number of aromatic carboxylic acids is 2. The number of carbonyl (C=O) groups is 4. The highest BCUT2D eigenvalue weighted by atomic mass is 79.9. The summed E-state index contributed by atoms with van der Waals surface area (Å²) in [7, 11) is 0. The lowest BCUT2D eigenvalue weighted by molar-refractivity contribution is -0.140. The van der Waals surface area contributed by atoms with Crippen molar-refractivity contribution in [2.45, 2.75) is 12.8 Å². The summed E-state index contributed by atoms with van der Waals surface area (Å²) in [4.78, 5) is 46.9. The van der Waals surface area contributed by atoms with E-state index in [0.29, 0.717) is 8.95 Å². The summed E-state index contributed by atoms with van der Waals surface area (Å²) in [5.74, 6) is -4.75. The fraction of sp³-hybridized carbons (Fsp3) is 0.111. The van der Waals surface area contributed by atoms with Crippen molar-refractivity contribution in [2.24, 2.45) is 0 Å². The number of rotatable bonds is 7. The lowest BCUT2D eigenvalue weighted by Gasteiger charge is -2.11. The van der Waals surface area contributed by atoms with E-state index in [1.54, 1.807) is 0 Å². The van der Waals surface area contributed by atoms with Gasteiger partial charge in [0.1, 0.15) is 11.1 Å². The van der Waals surface area contributed by atoms with Crippen LogP contribution in [-0.2, 0) is 9.59 Å². The van der Waals surface area contributed by atoms with Crippen molar-refractivity contribution in [1.29, 1.82) is 0 Å². The van der Waals surface area contributed by atoms with E-state index in [4.69, 9.17) is 9.47 Å². The summed E-state index contributed by atoms with van der Waals surface area (Å²) in [6.45, 7) is 0. The third-order valence-corrected chi connectivity index (χ3v) is 5.54. The number of halogens is 4. The van der Waals surface area contributed by atoms with Gasteiger partial charge < -0.3 is 19.7 Å². The molecule has 0 aromatic heterocycles. The highest BCUT2D eigenvalue weighted by Crippen LogP contribution is 2.34.